The Hall–Kier alpha value is -0.860. The molecule has 0 radical (unpaired) electrons. The van der Waals surface area contributed by atoms with Crippen LogP contribution >= 0.6 is 0 Å². The van der Waals surface area contributed by atoms with Crippen LogP contribution in [0.1, 0.15) is 25.5 Å². The highest BCUT2D eigenvalue weighted by Crippen LogP contribution is 2.10. The van der Waals surface area contributed by atoms with Gasteiger partial charge in [-0.1, -0.05) is 44.2 Å². The summed E-state index contributed by atoms with van der Waals surface area (Å²) in [6.07, 6.45) is -0.399. The summed E-state index contributed by atoms with van der Waals surface area (Å²) in [6, 6.07) is 10.1. The van der Waals surface area contributed by atoms with Crippen molar-refractivity contribution in [2.24, 2.45) is 0 Å². The van der Waals surface area contributed by atoms with Crippen LogP contribution in [0.2, 0.25) is 0 Å². The fourth-order valence-electron chi connectivity index (χ4n) is 1.14. The maximum Gasteiger partial charge on any atom is 0.0914 e. The lowest BCUT2D eigenvalue weighted by Gasteiger charge is -2.13. The first-order chi connectivity index (χ1) is 6.20. The molecule has 0 aliphatic heterocycles. The predicted molar refractivity (Wildman–Crippen MR) is 54.5 cm³/mol. The number of aliphatic hydroxyl groups excluding tert-OH is 1. The van der Waals surface area contributed by atoms with Crippen molar-refractivity contribution in [1.29, 1.82) is 0 Å². The Morgan fingerprint density at radius 3 is 2.38 bits per heavy atom. The Morgan fingerprint density at radius 2 is 1.85 bits per heavy atom. The molecule has 0 saturated heterocycles. The summed E-state index contributed by atoms with van der Waals surface area (Å²) in [6.45, 7) is 4.75. The number of benzene rings is 1. The Kier molecular flexibility index (Phi) is 3.93. The Morgan fingerprint density at radius 1 is 1.23 bits per heavy atom. The first-order valence-corrected chi connectivity index (χ1v) is 4.66. The van der Waals surface area contributed by atoms with Gasteiger partial charge in [0.25, 0.3) is 0 Å². The zero-order chi connectivity index (χ0) is 9.68. The molecular formula is C11H17NO. The minimum Gasteiger partial charge on any atom is -0.387 e. The molecule has 0 saturated carbocycles. The van der Waals surface area contributed by atoms with Gasteiger partial charge in [-0.05, 0) is 5.56 Å². The highest BCUT2D eigenvalue weighted by molar-refractivity contribution is 5.17. The van der Waals surface area contributed by atoms with E-state index in [0.717, 1.165) is 5.56 Å². The fourth-order valence-corrected chi connectivity index (χ4v) is 1.14. The highest BCUT2D eigenvalue weighted by atomic mass is 16.3. The second-order valence-electron chi connectivity index (χ2n) is 3.49. The maximum atomic E-state index is 9.71. The van der Waals surface area contributed by atoms with Crippen LogP contribution in [-0.4, -0.2) is 17.7 Å². The molecule has 0 aliphatic rings. The number of nitrogens with one attached hydrogen (secondary N) is 1. The van der Waals surface area contributed by atoms with Crippen molar-refractivity contribution in [3.63, 3.8) is 0 Å². The predicted octanol–water partition coefficient (Wildman–Crippen LogP) is 1.72. The zero-order valence-corrected chi connectivity index (χ0v) is 8.20. The summed E-state index contributed by atoms with van der Waals surface area (Å²) in [5.74, 6) is 0. The summed E-state index contributed by atoms with van der Waals surface area (Å²) in [4.78, 5) is 0. The smallest absolute Gasteiger partial charge is 0.0914 e. The van der Waals surface area contributed by atoms with E-state index in [2.05, 4.69) is 19.2 Å². The van der Waals surface area contributed by atoms with Crippen LogP contribution < -0.4 is 5.32 Å². The molecule has 0 bridgehead atoms. The third kappa shape index (κ3) is 3.57. The van der Waals surface area contributed by atoms with E-state index < -0.39 is 6.10 Å². The molecule has 1 aromatic rings. The van der Waals surface area contributed by atoms with Gasteiger partial charge in [0.15, 0.2) is 0 Å². The molecule has 2 nitrogen and oxygen atoms in total. The van der Waals surface area contributed by atoms with E-state index in [1.807, 2.05) is 30.3 Å². The molecule has 1 aromatic carbocycles. The van der Waals surface area contributed by atoms with Gasteiger partial charge in [-0.15, -0.1) is 0 Å². The van der Waals surface area contributed by atoms with E-state index in [4.69, 9.17) is 0 Å². The molecule has 0 unspecified atom stereocenters. The van der Waals surface area contributed by atoms with Gasteiger partial charge < -0.3 is 10.4 Å². The third-order valence-electron chi connectivity index (χ3n) is 1.90. The van der Waals surface area contributed by atoms with Crippen molar-refractivity contribution in [3.8, 4) is 0 Å². The van der Waals surface area contributed by atoms with Gasteiger partial charge in [-0.3, -0.25) is 0 Å². The van der Waals surface area contributed by atoms with Gasteiger partial charge in [-0.25, -0.2) is 0 Å². The molecule has 0 amide bonds. The van der Waals surface area contributed by atoms with E-state index in [-0.39, 0.29) is 0 Å². The summed E-state index contributed by atoms with van der Waals surface area (Å²) < 4.78 is 0. The van der Waals surface area contributed by atoms with Crippen molar-refractivity contribution >= 4 is 0 Å². The molecule has 1 atom stereocenters. The van der Waals surface area contributed by atoms with Crippen molar-refractivity contribution in [3.05, 3.63) is 35.9 Å². The van der Waals surface area contributed by atoms with Crippen molar-refractivity contribution in [1.82, 2.24) is 5.32 Å². The highest BCUT2D eigenvalue weighted by Gasteiger charge is 2.05. The summed E-state index contributed by atoms with van der Waals surface area (Å²) in [5, 5.41) is 12.9. The van der Waals surface area contributed by atoms with Crippen molar-refractivity contribution in [2.75, 3.05) is 6.54 Å². The number of rotatable bonds is 4. The van der Waals surface area contributed by atoms with E-state index >= 15 is 0 Å². The van der Waals surface area contributed by atoms with E-state index in [9.17, 15) is 5.11 Å². The van der Waals surface area contributed by atoms with Gasteiger partial charge in [0.2, 0.25) is 0 Å². The largest absolute Gasteiger partial charge is 0.387 e. The summed E-state index contributed by atoms with van der Waals surface area (Å²) in [7, 11) is 0. The molecule has 0 heterocycles. The average molecular weight is 179 g/mol. The molecule has 0 aliphatic carbocycles. The van der Waals surface area contributed by atoms with Gasteiger partial charge in [0.1, 0.15) is 0 Å². The maximum absolute atomic E-state index is 9.71. The second kappa shape index (κ2) is 5.00. The van der Waals surface area contributed by atoms with Gasteiger partial charge >= 0.3 is 0 Å². The van der Waals surface area contributed by atoms with Gasteiger partial charge in [0.05, 0.1) is 6.10 Å². The lowest BCUT2D eigenvalue weighted by atomic mass is 10.1. The zero-order valence-electron chi connectivity index (χ0n) is 8.20. The minimum atomic E-state index is -0.399. The lowest BCUT2D eigenvalue weighted by molar-refractivity contribution is 0.171. The van der Waals surface area contributed by atoms with E-state index in [0.29, 0.717) is 12.6 Å². The standard InChI is InChI=1S/C11H17NO/c1-9(2)12-8-11(13)10-6-4-3-5-7-10/h3-7,9,11-13H,8H2,1-2H3/t11-/m1/s1. The number of aliphatic hydroxyl groups is 1. The van der Waals surface area contributed by atoms with Gasteiger partial charge in [-0.2, -0.15) is 0 Å². The lowest BCUT2D eigenvalue weighted by Crippen LogP contribution is -2.27. The molecule has 72 valence electrons. The first-order valence-electron chi connectivity index (χ1n) is 4.66. The quantitative estimate of drug-likeness (QED) is 0.737. The second-order valence-corrected chi connectivity index (χ2v) is 3.49. The topological polar surface area (TPSA) is 32.3 Å². The summed E-state index contributed by atoms with van der Waals surface area (Å²) >= 11 is 0. The average Bonchev–Trinajstić information content (AvgIpc) is 2.15. The van der Waals surface area contributed by atoms with Gasteiger partial charge in [0, 0.05) is 12.6 Å². The Labute approximate surface area is 79.6 Å². The first kappa shape index (κ1) is 10.2. The Bertz CT molecular complexity index is 233. The van der Waals surface area contributed by atoms with Crippen molar-refractivity contribution < 1.29 is 5.11 Å². The third-order valence-corrected chi connectivity index (χ3v) is 1.90. The van der Waals surface area contributed by atoms with Crippen LogP contribution in [0, 0.1) is 0 Å². The van der Waals surface area contributed by atoms with Crippen LogP contribution in [0.5, 0.6) is 0 Å². The van der Waals surface area contributed by atoms with Crippen LogP contribution in [0.15, 0.2) is 30.3 Å². The molecule has 2 N–H and O–H groups in total. The normalized spacial score (nSPS) is 13.2. The number of hydrogen-bond donors (Lipinski definition) is 2. The van der Waals surface area contributed by atoms with Crippen LogP contribution in [0.3, 0.4) is 0 Å². The monoisotopic (exact) mass is 179 g/mol. The molecule has 0 aromatic heterocycles. The number of hydrogen-bond acceptors (Lipinski definition) is 2. The van der Waals surface area contributed by atoms with Crippen LogP contribution in [0.25, 0.3) is 0 Å². The molecule has 0 fully saturated rings. The van der Waals surface area contributed by atoms with Crippen LogP contribution in [0.4, 0.5) is 0 Å². The van der Waals surface area contributed by atoms with Crippen LogP contribution in [-0.2, 0) is 0 Å². The molecule has 13 heavy (non-hydrogen) atoms. The molecule has 2 heteroatoms. The fraction of sp³-hybridized carbons (Fsp3) is 0.455. The summed E-state index contributed by atoms with van der Waals surface area (Å²) in [5.41, 5.74) is 0.968. The molecule has 0 spiro atoms. The minimum absolute atomic E-state index is 0.399. The molecular weight excluding hydrogens is 162 g/mol. The van der Waals surface area contributed by atoms with E-state index in [1.165, 1.54) is 0 Å². The molecule has 1 rings (SSSR count). The SMILES string of the molecule is CC(C)NC[C@@H](O)c1ccccc1. The van der Waals surface area contributed by atoms with E-state index in [1.54, 1.807) is 0 Å². The Balaban J connectivity index is 2.44. The van der Waals surface area contributed by atoms with Crippen molar-refractivity contribution in [2.45, 2.75) is 26.0 Å².